The summed E-state index contributed by atoms with van der Waals surface area (Å²) in [5.41, 5.74) is 3.93. The van der Waals surface area contributed by atoms with Crippen LogP contribution in [0.3, 0.4) is 0 Å². The minimum Gasteiger partial charge on any atom is -0.496 e. The SMILES string of the molecule is COc1cc(C(C)(C)C)cc2[nH]c(C(C)(C)C)cc12. The number of ether oxygens (including phenoxy) is 1. The van der Waals surface area contributed by atoms with Crippen LogP contribution in [0.5, 0.6) is 5.75 Å². The third-order valence-electron chi connectivity index (χ3n) is 3.59. The van der Waals surface area contributed by atoms with Gasteiger partial charge in [0.05, 0.1) is 7.11 Å². The Labute approximate surface area is 116 Å². The number of hydrogen-bond donors (Lipinski definition) is 1. The van der Waals surface area contributed by atoms with Gasteiger partial charge in [0.25, 0.3) is 0 Å². The van der Waals surface area contributed by atoms with Crippen molar-refractivity contribution in [2.45, 2.75) is 52.4 Å². The van der Waals surface area contributed by atoms with Crippen LogP contribution in [-0.4, -0.2) is 12.1 Å². The number of hydrogen-bond acceptors (Lipinski definition) is 1. The van der Waals surface area contributed by atoms with Crippen LogP contribution in [0.1, 0.15) is 52.8 Å². The fourth-order valence-electron chi connectivity index (χ4n) is 2.21. The van der Waals surface area contributed by atoms with E-state index < -0.39 is 0 Å². The highest BCUT2D eigenvalue weighted by Crippen LogP contribution is 2.35. The van der Waals surface area contributed by atoms with Gasteiger partial charge < -0.3 is 9.72 Å². The van der Waals surface area contributed by atoms with Gasteiger partial charge >= 0.3 is 0 Å². The molecule has 0 aliphatic rings. The Balaban J connectivity index is 2.70. The van der Waals surface area contributed by atoms with Gasteiger partial charge in [0.15, 0.2) is 0 Å². The lowest BCUT2D eigenvalue weighted by Crippen LogP contribution is -2.11. The van der Waals surface area contributed by atoms with Crippen molar-refractivity contribution in [1.29, 1.82) is 0 Å². The van der Waals surface area contributed by atoms with Gasteiger partial charge in [0, 0.05) is 22.0 Å². The molecule has 0 aliphatic heterocycles. The van der Waals surface area contributed by atoms with E-state index in [0.29, 0.717) is 0 Å². The number of aromatic amines is 1. The number of methoxy groups -OCH3 is 1. The Kier molecular flexibility index (Phi) is 3.16. The van der Waals surface area contributed by atoms with Crippen molar-refractivity contribution in [3.8, 4) is 5.75 Å². The van der Waals surface area contributed by atoms with Crippen LogP contribution in [0.15, 0.2) is 18.2 Å². The number of rotatable bonds is 1. The number of H-pyrrole nitrogens is 1. The molecule has 1 aromatic carbocycles. The first-order valence-electron chi connectivity index (χ1n) is 6.84. The first-order chi connectivity index (χ1) is 8.63. The van der Waals surface area contributed by atoms with Crippen LogP contribution in [0.2, 0.25) is 0 Å². The van der Waals surface area contributed by atoms with Gasteiger partial charge in [0.2, 0.25) is 0 Å². The molecule has 19 heavy (non-hydrogen) atoms. The van der Waals surface area contributed by atoms with E-state index >= 15 is 0 Å². The molecule has 0 aliphatic carbocycles. The standard InChI is InChI=1S/C17H25NO/c1-16(2,3)11-8-13-12(14(9-11)19-7)10-15(18-13)17(4,5)6/h8-10,18H,1-7H3. The highest BCUT2D eigenvalue weighted by atomic mass is 16.5. The average Bonchev–Trinajstić information content (AvgIpc) is 2.69. The first-order valence-corrected chi connectivity index (χ1v) is 6.84. The topological polar surface area (TPSA) is 25.0 Å². The molecule has 2 nitrogen and oxygen atoms in total. The highest BCUT2D eigenvalue weighted by Gasteiger charge is 2.21. The maximum Gasteiger partial charge on any atom is 0.128 e. The second-order valence-corrected chi connectivity index (χ2v) is 7.32. The van der Waals surface area contributed by atoms with Crippen molar-refractivity contribution in [1.82, 2.24) is 4.98 Å². The molecule has 1 N–H and O–H groups in total. The van der Waals surface area contributed by atoms with Gasteiger partial charge in [0.1, 0.15) is 5.75 Å². The molecule has 104 valence electrons. The molecule has 2 rings (SSSR count). The highest BCUT2D eigenvalue weighted by molar-refractivity contribution is 5.88. The summed E-state index contributed by atoms with van der Waals surface area (Å²) in [6.45, 7) is 13.3. The van der Waals surface area contributed by atoms with Gasteiger partial charge in [-0.2, -0.15) is 0 Å². The smallest absolute Gasteiger partial charge is 0.128 e. The van der Waals surface area contributed by atoms with E-state index in [4.69, 9.17) is 4.74 Å². The summed E-state index contributed by atoms with van der Waals surface area (Å²) >= 11 is 0. The van der Waals surface area contributed by atoms with Crippen LogP contribution >= 0.6 is 0 Å². The Morgan fingerprint density at radius 1 is 0.895 bits per heavy atom. The van der Waals surface area contributed by atoms with Crippen LogP contribution in [0.4, 0.5) is 0 Å². The van der Waals surface area contributed by atoms with Crippen LogP contribution < -0.4 is 4.74 Å². The normalized spacial score (nSPS) is 13.0. The zero-order valence-electron chi connectivity index (χ0n) is 13.1. The summed E-state index contributed by atoms with van der Waals surface area (Å²) in [6.07, 6.45) is 0. The zero-order valence-corrected chi connectivity index (χ0v) is 13.1. The molecule has 0 amide bonds. The van der Waals surface area contributed by atoms with Crippen molar-refractivity contribution < 1.29 is 4.74 Å². The van der Waals surface area contributed by atoms with E-state index in [-0.39, 0.29) is 10.8 Å². The van der Waals surface area contributed by atoms with E-state index in [1.165, 1.54) is 16.6 Å². The molecule has 0 bridgehead atoms. The number of fused-ring (bicyclic) bond motifs is 1. The largest absolute Gasteiger partial charge is 0.496 e. The molecule has 2 heteroatoms. The third-order valence-corrected chi connectivity index (χ3v) is 3.59. The molecular weight excluding hydrogens is 234 g/mol. The molecule has 0 saturated carbocycles. The molecule has 0 saturated heterocycles. The molecule has 0 radical (unpaired) electrons. The minimum atomic E-state index is 0.117. The van der Waals surface area contributed by atoms with E-state index in [1.54, 1.807) is 7.11 Å². The predicted molar refractivity (Wildman–Crippen MR) is 82.3 cm³/mol. The maximum absolute atomic E-state index is 5.57. The summed E-state index contributed by atoms with van der Waals surface area (Å²) < 4.78 is 5.57. The van der Waals surface area contributed by atoms with Crippen molar-refractivity contribution in [3.63, 3.8) is 0 Å². The second kappa shape index (κ2) is 4.29. The summed E-state index contributed by atoms with van der Waals surface area (Å²) in [4.78, 5) is 3.54. The van der Waals surface area contributed by atoms with Crippen molar-refractivity contribution in [2.75, 3.05) is 7.11 Å². The monoisotopic (exact) mass is 259 g/mol. The number of aromatic nitrogens is 1. The summed E-state index contributed by atoms with van der Waals surface area (Å²) in [6, 6.07) is 6.61. The Morgan fingerprint density at radius 2 is 1.53 bits per heavy atom. The summed E-state index contributed by atoms with van der Waals surface area (Å²) in [5.74, 6) is 0.953. The maximum atomic E-state index is 5.57. The molecule has 0 atom stereocenters. The molecule has 0 unspecified atom stereocenters. The van der Waals surface area contributed by atoms with Crippen LogP contribution in [0.25, 0.3) is 10.9 Å². The fraction of sp³-hybridized carbons (Fsp3) is 0.529. The minimum absolute atomic E-state index is 0.117. The van der Waals surface area contributed by atoms with Gasteiger partial charge in [-0.3, -0.25) is 0 Å². The van der Waals surface area contributed by atoms with E-state index in [1.807, 2.05) is 0 Å². The van der Waals surface area contributed by atoms with Crippen molar-refractivity contribution >= 4 is 10.9 Å². The van der Waals surface area contributed by atoms with Crippen LogP contribution in [0, 0.1) is 0 Å². The summed E-state index contributed by atoms with van der Waals surface area (Å²) in [7, 11) is 1.74. The average molecular weight is 259 g/mol. The predicted octanol–water partition coefficient (Wildman–Crippen LogP) is 4.77. The Bertz CT molecular complexity index is 594. The second-order valence-electron chi connectivity index (χ2n) is 7.32. The van der Waals surface area contributed by atoms with Gasteiger partial charge in [-0.1, -0.05) is 41.5 Å². The van der Waals surface area contributed by atoms with Crippen molar-refractivity contribution in [3.05, 3.63) is 29.5 Å². The molecule has 1 heterocycles. The molecule has 0 spiro atoms. The third kappa shape index (κ3) is 2.63. The lowest BCUT2D eigenvalue weighted by Gasteiger charge is -2.20. The molecule has 0 fully saturated rings. The molecule has 2 aromatic rings. The Hall–Kier alpha value is -1.44. The van der Waals surface area contributed by atoms with E-state index in [2.05, 4.69) is 64.7 Å². The van der Waals surface area contributed by atoms with E-state index in [0.717, 1.165) is 11.3 Å². The summed E-state index contributed by atoms with van der Waals surface area (Å²) in [5, 5.41) is 1.17. The number of nitrogens with one attached hydrogen (secondary N) is 1. The quantitative estimate of drug-likeness (QED) is 0.784. The van der Waals surface area contributed by atoms with Gasteiger partial charge in [-0.15, -0.1) is 0 Å². The lowest BCUT2D eigenvalue weighted by molar-refractivity contribution is 0.418. The van der Waals surface area contributed by atoms with Gasteiger partial charge in [-0.05, 0) is 29.2 Å². The molecular formula is C17H25NO. The number of benzene rings is 1. The lowest BCUT2D eigenvalue weighted by atomic mass is 9.86. The first kappa shape index (κ1) is 14.0. The van der Waals surface area contributed by atoms with Gasteiger partial charge in [-0.25, -0.2) is 0 Å². The zero-order chi connectivity index (χ0) is 14.4. The fourth-order valence-corrected chi connectivity index (χ4v) is 2.21. The Morgan fingerprint density at radius 3 is 2.00 bits per heavy atom. The van der Waals surface area contributed by atoms with Crippen LogP contribution in [-0.2, 0) is 10.8 Å². The van der Waals surface area contributed by atoms with Crippen molar-refractivity contribution in [2.24, 2.45) is 0 Å². The molecule has 1 aromatic heterocycles. The van der Waals surface area contributed by atoms with E-state index in [9.17, 15) is 0 Å².